The van der Waals surface area contributed by atoms with Crippen LogP contribution in [0.4, 0.5) is 0 Å². The Morgan fingerprint density at radius 1 is 1.20 bits per heavy atom. The van der Waals surface area contributed by atoms with Gasteiger partial charge in [-0.2, -0.15) is 0 Å². The Morgan fingerprint density at radius 2 is 2.00 bits per heavy atom. The summed E-state index contributed by atoms with van der Waals surface area (Å²) in [5, 5.41) is 10.1. The summed E-state index contributed by atoms with van der Waals surface area (Å²) in [4.78, 5) is 1.07. The van der Waals surface area contributed by atoms with Crippen molar-refractivity contribution in [1.82, 2.24) is 0 Å². The van der Waals surface area contributed by atoms with E-state index in [1.54, 1.807) is 30.2 Å². The second-order valence-electron chi connectivity index (χ2n) is 3.16. The summed E-state index contributed by atoms with van der Waals surface area (Å²) in [6.07, 6.45) is 2.89. The van der Waals surface area contributed by atoms with Crippen LogP contribution in [0.25, 0.3) is 0 Å². The molecule has 0 saturated carbocycles. The maximum Gasteiger partial charge on any atom is 0.138 e. The molecule has 0 radical (unpaired) electrons. The molecular weight excluding hydrogens is 208 g/mol. The molecule has 0 aliphatic rings. The lowest BCUT2D eigenvalue weighted by atomic mass is 10.1. The van der Waals surface area contributed by atoms with Crippen LogP contribution in [0.2, 0.25) is 0 Å². The van der Waals surface area contributed by atoms with E-state index in [0.29, 0.717) is 5.76 Å². The van der Waals surface area contributed by atoms with E-state index in [1.807, 2.05) is 30.5 Å². The lowest BCUT2D eigenvalue weighted by molar-refractivity contribution is 0.186. The van der Waals surface area contributed by atoms with Crippen molar-refractivity contribution in [3.63, 3.8) is 0 Å². The minimum Gasteiger partial charge on any atom is -0.466 e. The Morgan fingerprint density at radius 3 is 2.67 bits per heavy atom. The van der Waals surface area contributed by atoms with Crippen LogP contribution < -0.4 is 0 Å². The Kier molecular flexibility index (Phi) is 3.14. The number of furan rings is 1. The van der Waals surface area contributed by atoms with Gasteiger partial charge in [0.15, 0.2) is 0 Å². The Hall–Kier alpha value is -1.19. The smallest absolute Gasteiger partial charge is 0.138 e. The van der Waals surface area contributed by atoms with Crippen molar-refractivity contribution < 1.29 is 9.52 Å². The Labute approximate surface area is 92.9 Å². The highest BCUT2D eigenvalue weighted by Crippen LogP contribution is 2.29. The zero-order chi connectivity index (χ0) is 10.7. The van der Waals surface area contributed by atoms with E-state index in [0.717, 1.165) is 10.5 Å². The van der Waals surface area contributed by atoms with Gasteiger partial charge in [-0.05, 0) is 24.5 Å². The highest BCUT2D eigenvalue weighted by atomic mass is 32.2. The quantitative estimate of drug-likeness (QED) is 0.807. The first kappa shape index (κ1) is 10.3. The van der Waals surface area contributed by atoms with Crippen LogP contribution >= 0.6 is 11.8 Å². The largest absolute Gasteiger partial charge is 0.466 e. The number of aliphatic hydroxyl groups excluding tert-OH is 1. The van der Waals surface area contributed by atoms with Crippen molar-refractivity contribution in [3.8, 4) is 0 Å². The number of benzene rings is 1. The van der Waals surface area contributed by atoms with Crippen LogP contribution in [-0.4, -0.2) is 11.4 Å². The average Bonchev–Trinajstić information content (AvgIpc) is 2.81. The van der Waals surface area contributed by atoms with Crippen LogP contribution in [-0.2, 0) is 0 Å². The van der Waals surface area contributed by atoms with E-state index in [4.69, 9.17) is 4.42 Å². The van der Waals surface area contributed by atoms with Crippen molar-refractivity contribution in [2.24, 2.45) is 0 Å². The normalized spacial score (nSPS) is 12.7. The van der Waals surface area contributed by atoms with E-state index in [2.05, 4.69) is 0 Å². The molecular formula is C12H12O2S. The SMILES string of the molecule is CSc1ccccc1[C@H](O)c1ccco1. The number of rotatable bonds is 3. The van der Waals surface area contributed by atoms with E-state index in [-0.39, 0.29) is 0 Å². The molecule has 1 heterocycles. The van der Waals surface area contributed by atoms with E-state index in [9.17, 15) is 5.11 Å². The summed E-state index contributed by atoms with van der Waals surface area (Å²) < 4.78 is 5.19. The molecule has 2 aromatic rings. The summed E-state index contributed by atoms with van der Waals surface area (Å²) in [7, 11) is 0. The zero-order valence-electron chi connectivity index (χ0n) is 8.38. The van der Waals surface area contributed by atoms with Crippen LogP contribution in [0.3, 0.4) is 0 Å². The Balaban J connectivity index is 2.37. The maximum absolute atomic E-state index is 10.1. The number of aliphatic hydroxyl groups is 1. The van der Waals surface area contributed by atoms with E-state index >= 15 is 0 Å². The molecule has 0 fully saturated rings. The van der Waals surface area contributed by atoms with Gasteiger partial charge >= 0.3 is 0 Å². The molecule has 2 nitrogen and oxygen atoms in total. The maximum atomic E-state index is 10.1. The molecule has 0 saturated heterocycles. The fraction of sp³-hybridized carbons (Fsp3) is 0.167. The minimum absolute atomic E-state index is 0.580. The first-order valence-corrected chi connectivity index (χ1v) is 5.90. The predicted octanol–water partition coefficient (Wildman–Crippen LogP) is 3.08. The topological polar surface area (TPSA) is 33.4 Å². The molecule has 1 aromatic heterocycles. The van der Waals surface area contributed by atoms with Crippen LogP contribution in [0.5, 0.6) is 0 Å². The van der Waals surface area contributed by atoms with Gasteiger partial charge in [0.2, 0.25) is 0 Å². The summed E-state index contributed by atoms with van der Waals surface area (Å²) in [5.74, 6) is 0.580. The first-order chi connectivity index (χ1) is 7.33. The molecule has 78 valence electrons. The first-order valence-electron chi connectivity index (χ1n) is 4.67. The fourth-order valence-electron chi connectivity index (χ4n) is 1.49. The third kappa shape index (κ3) is 2.08. The molecule has 2 rings (SSSR count). The monoisotopic (exact) mass is 220 g/mol. The van der Waals surface area contributed by atoms with Crippen molar-refractivity contribution in [1.29, 1.82) is 0 Å². The molecule has 1 N–H and O–H groups in total. The summed E-state index contributed by atoms with van der Waals surface area (Å²) in [5.41, 5.74) is 0.889. The molecule has 0 amide bonds. The van der Waals surface area contributed by atoms with Crippen LogP contribution in [0.1, 0.15) is 17.4 Å². The molecule has 15 heavy (non-hydrogen) atoms. The third-order valence-corrected chi connectivity index (χ3v) is 3.06. The van der Waals surface area contributed by atoms with Crippen molar-refractivity contribution in [2.45, 2.75) is 11.0 Å². The predicted molar refractivity (Wildman–Crippen MR) is 61.0 cm³/mol. The lowest BCUT2D eigenvalue weighted by Crippen LogP contribution is -1.99. The molecule has 0 spiro atoms. The van der Waals surface area contributed by atoms with Gasteiger partial charge in [0.25, 0.3) is 0 Å². The number of hydrogen-bond acceptors (Lipinski definition) is 3. The number of thioether (sulfide) groups is 1. The fourth-order valence-corrected chi connectivity index (χ4v) is 2.12. The highest BCUT2D eigenvalue weighted by molar-refractivity contribution is 7.98. The summed E-state index contributed by atoms with van der Waals surface area (Å²) in [6, 6.07) is 11.3. The molecule has 0 aliphatic carbocycles. The standard InChI is InChI=1S/C12H12O2S/c1-15-11-7-3-2-5-9(11)12(13)10-6-4-8-14-10/h2-8,12-13H,1H3/t12-/m0/s1. The highest BCUT2D eigenvalue weighted by Gasteiger charge is 2.15. The Bertz CT molecular complexity index is 423. The third-order valence-electron chi connectivity index (χ3n) is 2.25. The van der Waals surface area contributed by atoms with Gasteiger partial charge in [-0.15, -0.1) is 11.8 Å². The van der Waals surface area contributed by atoms with Crippen LogP contribution in [0, 0.1) is 0 Å². The van der Waals surface area contributed by atoms with Crippen molar-refractivity contribution >= 4 is 11.8 Å². The van der Waals surface area contributed by atoms with Gasteiger partial charge in [-0.3, -0.25) is 0 Å². The van der Waals surface area contributed by atoms with Crippen LogP contribution in [0.15, 0.2) is 52.0 Å². The summed E-state index contributed by atoms with van der Waals surface area (Å²) in [6.45, 7) is 0. The molecule has 0 bridgehead atoms. The molecule has 0 aliphatic heterocycles. The molecule has 1 atom stereocenters. The summed E-state index contributed by atoms with van der Waals surface area (Å²) >= 11 is 1.62. The van der Waals surface area contributed by atoms with E-state index in [1.165, 1.54) is 0 Å². The second-order valence-corrected chi connectivity index (χ2v) is 4.01. The van der Waals surface area contributed by atoms with Gasteiger partial charge in [0.1, 0.15) is 11.9 Å². The van der Waals surface area contributed by atoms with E-state index < -0.39 is 6.10 Å². The zero-order valence-corrected chi connectivity index (χ0v) is 9.20. The molecule has 0 unspecified atom stereocenters. The lowest BCUT2D eigenvalue weighted by Gasteiger charge is -2.11. The molecule has 1 aromatic carbocycles. The van der Waals surface area contributed by atoms with Gasteiger partial charge in [0, 0.05) is 10.5 Å². The number of hydrogen-bond donors (Lipinski definition) is 1. The van der Waals surface area contributed by atoms with Gasteiger partial charge in [0.05, 0.1) is 6.26 Å². The van der Waals surface area contributed by atoms with Gasteiger partial charge in [-0.1, -0.05) is 18.2 Å². The van der Waals surface area contributed by atoms with Crippen molar-refractivity contribution in [3.05, 3.63) is 54.0 Å². The minimum atomic E-state index is -0.677. The van der Waals surface area contributed by atoms with Gasteiger partial charge in [-0.25, -0.2) is 0 Å². The molecule has 3 heteroatoms. The second kappa shape index (κ2) is 4.55. The van der Waals surface area contributed by atoms with Gasteiger partial charge < -0.3 is 9.52 Å². The average molecular weight is 220 g/mol. The van der Waals surface area contributed by atoms with Crippen molar-refractivity contribution in [2.75, 3.05) is 6.26 Å².